The van der Waals surface area contributed by atoms with E-state index >= 15 is 0 Å². The number of halogens is 2. The van der Waals surface area contributed by atoms with E-state index in [-0.39, 0.29) is 24.8 Å². The van der Waals surface area contributed by atoms with Crippen molar-refractivity contribution in [2.24, 2.45) is 17.3 Å². The molecule has 54 heavy (non-hydrogen) atoms. The Bertz CT molecular complexity index is 2130. The van der Waals surface area contributed by atoms with Crippen LogP contribution in [0.15, 0.2) is 109 Å². The SMILES string of the molecule is CC(C)(C)C1=CC[C-]=C1.Cc1cc2c(c(C)c1C)C(C)c1c3c(c4ccccc4c1-2)C(C)C(C)C(C)[C-]3C.[Cl-].[Cl-].[Zr+2]=[C](c1ccccc1)c1ccccc1. The van der Waals surface area contributed by atoms with Gasteiger partial charge in [-0.2, -0.15) is 23.1 Å². The molecule has 0 heterocycles. The molecule has 0 radical (unpaired) electrons. The van der Waals surface area contributed by atoms with E-state index in [2.05, 4.69) is 185 Å². The molecule has 0 nitrogen and oxygen atoms in total. The second kappa shape index (κ2) is 17.9. The second-order valence-corrected chi connectivity index (χ2v) is 17.7. The van der Waals surface area contributed by atoms with E-state index in [0.717, 1.165) is 6.42 Å². The topological polar surface area (TPSA) is 0 Å². The summed E-state index contributed by atoms with van der Waals surface area (Å²) in [6.07, 6.45) is 8.50. The first-order chi connectivity index (χ1) is 24.7. The van der Waals surface area contributed by atoms with Crippen LogP contribution in [0.5, 0.6) is 0 Å². The molecule has 0 fully saturated rings. The first kappa shape index (κ1) is 43.8. The molecule has 0 bridgehead atoms. The van der Waals surface area contributed by atoms with Crippen LogP contribution in [0.3, 0.4) is 0 Å². The van der Waals surface area contributed by atoms with E-state index in [9.17, 15) is 0 Å². The number of hydrogen-bond donors (Lipinski definition) is 0. The van der Waals surface area contributed by atoms with Gasteiger partial charge >= 0.3 is 99.2 Å². The van der Waals surface area contributed by atoms with Gasteiger partial charge in [-0.05, 0) is 59.9 Å². The third-order valence-electron chi connectivity index (χ3n) is 12.4. The van der Waals surface area contributed by atoms with Crippen molar-refractivity contribution in [1.82, 2.24) is 0 Å². The molecule has 0 N–H and O–H groups in total. The quantitative estimate of drug-likeness (QED) is 0.160. The summed E-state index contributed by atoms with van der Waals surface area (Å²) in [4.78, 5) is 0. The van der Waals surface area contributed by atoms with Gasteiger partial charge in [0.05, 0.1) is 0 Å². The van der Waals surface area contributed by atoms with Gasteiger partial charge in [0.1, 0.15) is 0 Å². The Labute approximate surface area is 354 Å². The van der Waals surface area contributed by atoms with Crippen LogP contribution in [0.4, 0.5) is 0 Å². The van der Waals surface area contributed by atoms with E-state index < -0.39 is 0 Å². The fraction of sp³-hybridized carbons (Fsp3) is 0.333. The van der Waals surface area contributed by atoms with Gasteiger partial charge in [0.25, 0.3) is 0 Å². The zero-order chi connectivity index (χ0) is 37.5. The van der Waals surface area contributed by atoms with Crippen molar-refractivity contribution in [1.29, 1.82) is 0 Å². The number of fused-ring (bicyclic) bond motifs is 8. The summed E-state index contributed by atoms with van der Waals surface area (Å²) in [7, 11) is 0. The molecule has 3 aliphatic rings. The first-order valence-corrected chi connectivity index (χ1v) is 20.5. The Morgan fingerprint density at radius 3 is 1.76 bits per heavy atom. The molecule has 0 saturated heterocycles. The number of allylic oxidation sites excluding steroid dienone is 4. The van der Waals surface area contributed by atoms with Crippen molar-refractivity contribution in [3.8, 4) is 11.1 Å². The van der Waals surface area contributed by atoms with Gasteiger partial charge in [0.15, 0.2) is 0 Å². The zero-order valence-corrected chi connectivity index (χ0v) is 38.1. The van der Waals surface area contributed by atoms with Gasteiger partial charge in [0, 0.05) is 0 Å². The van der Waals surface area contributed by atoms with Crippen LogP contribution < -0.4 is 24.8 Å². The minimum absolute atomic E-state index is 0. The van der Waals surface area contributed by atoms with Gasteiger partial charge in [-0.15, -0.1) is 17.5 Å². The summed E-state index contributed by atoms with van der Waals surface area (Å²) in [5.41, 5.74) is 18.1. The standard InChI is InChI=1S/C29H33.C13H10.C9H13.2ClH.Zr/c1-14-13-24-25(18(5)15(14)2)21(8)28-27-20(7)17(4)16(3)19(6)26(27)22-11-9-10-12-23(22)29(24)28;1-3-7-12(8-4-1)11-13-9-5-2-6-10-13;1-9(2,3)8-6-4-5-7-8;;;/h9-13,16-17,19,21H,1-8H3;1-10H;6-7H,4H2,1-3H3;2*1H;/q-1;;-1;;;+2/p-2. The second-order valence-electron chi connectivity index (χ2n) is 16.4. The molecular formula is C51H56Cl2Zr-2. The van der Waals surface area contributed by atoms with Crippen molar-refractivity contribution >= 4 is 14.0 Å². The van der Waals surface area contributed by atoms with E-state index in [1.165, 1.54) is 82.7 Å². The molecule has 4 atom stereocenters. The normalized spacial score (nSPS) is 19.1. The van der Waals surface area contributed by atoms with Crippen LogP contribution >= 0.6 is 0 Å². The maximum absolute atomic E-state index is 3.16. The van der Waals surface area contributed by atoms with E-state index in [1.54, 1.807) is 28.2 Å². The average molecular weight is 831 g/mol. The van der Waals surface area contributed by atoms with Crippen LogP contribution in [0, 0.1) is 50.0 Å². The van der Waals surface area contributed by atoms with Crippen molar-refractivity contribution < 1.29 is 49.0 Å². The Morgan fingerprint density at radius 1 is 0.722 bits per heavy atom. The summed E-state index contributed by atoms with van der Waals surface area (Å²) >= 11 is 1.46. The third-order valence-corrected chi connectivity index (χ3v) is 13.9. The number of aryl methyl sites for hydroxylation is 1. The van der Waals surface area contributed by atoms with E-state index in [1.807, 2.05) is 0 Å². The molecule has 0 amide bonds. The summed E-state index contributed by atoms with van der Waals surface area (Å²) < 4.78 is 1.42. The van der Waals surface area contributed by atoms with Crippen molar-refractivity contribution in [3.63, 3.8) is 0 Å². The Balaban J connectivity index is 0.000000216. The molecule has 0 saturated carbocycles. The molecule has 3 heteroatoms. The molecule has 5 aromatic carbocycles. The molecule has 0 aromatic heterocycles. The molecule has 280 valence electrons. The fourth-order valence-electron chi connectivity index (χ4n) is 8.73. The predicted molar refractivity (Wildman–Crippen MR) is 222 cm³/mol. The fourth-order valence-corrected chi connectivity index (χ4v) is 9.55. The Hall–Kier alpha value is -2.96. The molecule has 3 aliphatic carbocycles. The van der Waals surface area contributed by atoms with Gasteiger partial charge in [-0.3, -0.25) is 6.08 Å². The molecule has 8 rings (SSSR count). The molecule has 4 unspecified atom stereocenters. The maximum atomic E-state index is 3.16. The summed E-state index contributed by atoms with van der Waals surface area (Å²) in [6, 6.07) is 32.8. The first-order valence-electron chi connectivity index (χ1n) is 19.2. The van der Waals surface area contributed by atoms with Gasteiger partial charge in [0.2, 0.25) is 0 Å². The third kappa shape index (κ3) is 8.26. The molecular weight excluding hydrogens is 775 g/mol. The number of benzene rings is 5. The van der Waals surface area contributed by atoms with Crippen LogP contribution in [0.25, 0.3) is 21.9 Å². The Kier molecular flexibility index (Phi) is 14.5. The van der Waals surface area contributed by atoms with Crippen LogP contribution in [0.1, 0.15) is 124 Å². The van der Waals surface area contributed by atoms with E-state index in [4.69, 9.17) is 0 Å². The zero-order valence-electron chi connectivity index (χ0n) is 34.1. The van der Waals surface area contributed by atoms with Gasteiger partial charge < -0.3 is 24.8 Å². The molecule has 0 spiro atoms. The van der Waals surface area contributed by atoms with Gasteiger partial charge in [-0.1, -0.05) is 120 Å². The van der Waals surface area contributed by atoms with Crippen LogP contribution in [-0.2, 0) is 24.2 Å². The van der Waals surface area contributed by atoms with Gasteiger partial charge in [-0.25, -0.2) is 6.08 Å². The van der Waals surface area contributed by atoms with Crippen LogP contribution in [-0.4, -0.2) is 3.21 Å². The number of rotatable bonds is 2. The molecule has 5 aromatic rings. The van der Waals surface area contributed by atoms with Crippen LogP contribution in [0.2, 0.25) is 0 Å². The van der Waals surface area contributed by atoms with E-state index in [0.29, 0.717) is 29.1 Å². The average Bonchev–Trinajstić information content (AvgIpc) is 3.80. The minimum atomic E-state index is 0. The number of hydrogen-bond acceptors (Lipinski definition) is 0. The Morgan fingerprint density at radius 2 is 1.26 bits per heavy atom. The molecule has 0 aliphatic heterocycles. The van der Waals surface area contributed by atoms with Crippen molar-refractivity contribution in [2.45, 2.75) is 94.4 Å². The van der Waals surface area contributed by atoms with Crippen molar-refractivity contribution in [2.75, 3.05) is 0 Å². The van der Waals surface area contributed by atoms with Crippen molar-refractivity contribution in [3.05, 3.63) is 171 Å². The predicted octanol–water partition coefficient (Wildman–Crippen LogP) is 7.76. The summed E-state index contributed by atoms with van der Waals surface area (Å²) in [5, 5.41) is 2.93. The summed E-state index contributed by atoms with van der Waals surface area (Å²) in [6.45, 7) is 25.8. The summed E-state index contributed by atoms with van der Waals surface area (Å²) in [5.74, 6) is 3.94. The monoisotopic (exact) mass is 828 g/mol.